The van der Waals surface area contributed by atoms with E-state index in [1.807, 2.05) is 37.3 Å². The number of anilines is 1. The van der Waals surface area contributed by atoms with E-state index in [1.54, 1.807) is 6.20 Å². The molecule has 0 aliphatic rings. The first-order chi connectivity index (χ1) is 11.6. The fourth-order valence-electron chi connectivity index (χ4n) is 1.92. The Hall–Kier alpha value is -1.86. The lowest BCUT2D eigenvalue weighted by Gasteiger charge is -2.18. The van der Waals surface area contributed by atoms with Gasteiger partial charge in [0.15, 0.2) is 0 Å². The molecule has 1 atom stereocenters. The summed E-state index contributed by atoms with van der Waals surface area (Å²) in [5.74, 6) is 0.577. The summed E-state index contributed by atoms with van der Waals surface area (Å²) in [5.41, 5.74) is 0.943. The summed E-state index contributed by atoms with van der Waals surface area (Å²) in [5, 5.41) is 6.11. The molecule has 1 unspecified atom stereocenters. The zero-order valence-corrected chi connectivity index (χ0v) is 15.5. The van der Waals surface area contributed by atoms with E-state index in [0.717, 1.165) is 12.0 Å². The van der Waals surface area contributed by atoms with Gasteiger partial charge in [0.1, 0.15) is 12.4 Å². The molecule has 6 nitrogen and oxygen atoms in total. The lowest BCUT2D eigenvalue weighted by Crippen LogP contribution is -2.39. The number of rotatable bonds is 7. The molecule has 2 N–H and O–H groups in total. The van der Waals surface area contributed by atoms with Crippen molar-refractivity contribution in [2.45, 2.75) is 26.0 Å². The maximum atomic E-state index is 11.9. The van der Waals surface area contributed by atoms with Gasteiger partial charge in [0.2, 0.25) is 5.28 Å². The van der Waals surface area contributed by atoms with Crippen LogP contribution in [0.2, 0.25) is 5.28 Å². The van der Waals surface area contributed by atoms with Gasteiger partial charge in [-0.1, -0.05) is 37.3 Å². The second kappa shape index (κ2) is 9.44. The van der Waals surface area contributed by atoms with Crippen LogP contribution in [0.25, 0.3) is 0 Å². The first-order valence-electron chi connectivity index (χ1n) is 7.47. The van der Waals surface area contributed by atoms with Crippen molar-refractivity contribution in [1.29, 1.82) is 0 Å². The molecule has 1 aromatic carbocycles. The van der Waals surface area contributed by atoms with Crippen LogP contribution in [-0.4, -0.2) is 28.6 Å². The molecule has 128 valence electrons. The van der Waals surface area contributed by atoms with E-state index in [1.165, 1.54) is 0 Å². The van der Waals surface area contributed by atoms with E-state index in [9.17, 15) is 4.79 Å². The summed E-state index contributed by atoms with van der Waals surface area (Å²) in [4.78, 5) is 19.9. The monoisotopic (exact) mass is 412 g/mol. The maximum absolute atomic E-state index is 11.9. The van der Waals surface area contributed by atoms with E-state index in [-0.39, 0.29) is 17.9 Å². The van der Waals surface area contributed by atoms with Crippen molar-refractivity contribution >= 4 is 39.4 Å². The Morgan fingerprint density at radius 2 is 2.12 bits per heavy atom. The van der Waals surface area contributed by atoms with Gasteiger partial charge in [0, 0.05) is 18.8 Å². The first kappa shape index (κ1) is 18.5. The number of alkyl carbamates (subject to hydrolysis) is 1. The third-order valence-electron chi connectivity index (χ3n) is 3.26. The van der Waals surface area contributed by atoms with Crippen LogP contribution >= 0.6 is 27.5 Å². The molecule has 2 rings (SSSR count). The van der Waals surface area contributed by atoms with Gasteiger partial charge in [0.05, 0.1) is 4.47 Å². The second-order valence-corrected chi connectivity index (χ2v) is 6.22. The average molecular weight is 414 g/mol. The van der Waals surface area contributed by atoms with Crippen molar-refractivity contribution in [1.82, 2.24) is 15.3 Å². The van der Waals surface area contributed by atoms with E-state index in [2.05, 4.69) is 36.5 Å². The van der Waals surface area contributed by atoms with Crippen LogP contribution in [0.15, 0.2) is 41.0 Å². The number of hydrogen-bond acceptors (Lipinski definition) is 5. The SMILES string of the molecule is CCC(CNc1nc(Cl)ncc1Br)NC(=O)OCc1ccccc1. The summed E-state index contributed by atoms with van der Waals surface area (Å²) in [6, 6.07) is 9.43. The highest BCUT2D eigenvalue weighted by atomic mass is 79.9. The minimum absolute atomic E-state index is 0.103. The molecular weight excluding hydrogens is 396 g/mol. The Morgan fingerprint density at radius 1 is 1.38 bits per heavy atom. The number of nitrogens with zero attached hydrogens (tertiary/aromatic N) is 2. The van der Waals surface area contributed by atoms with Crippen molar-refractivity contribution in [3.8, 4) is 0 Å². The zero-order valence-electron chi connectivity index (χ0n) is 13.1. The molecule has 2 aromatic rings. The van der Waals surface area contributed by atoms with Crippen molar-refractivity contribution in [2.75, 3.05) is 11.9 Å². The minimum atomic E-state index is -0.452. The Labute approximate surface area is 154 Å². The molecule has 0 aliphatic carbocycles. The predicted molar refractivity (Wildman–Crippen MR) is 97.1 cm³/mol. The summed E-state index contributed by atoms with van der Waals surface area (Å²) >= 11 is 9.12. The standard InChI is InChI=1S/C16H18BrClN4O2/c1-2-12(8-19-14-13(17)9-20-15(18)22-14)21-16(23)24-10-11-6-4-3-5-7-11/h3-7,9,12H,2,8,10H2,1H3,(H,21,23)(H,19,20,22). The van der Waals surface area contributed by atoms with Gasteiger partial charge < -0.3 is 15.4 Å². The molecule has 0 fully saturated rings. The molecule has 1 amide bonds. The molecule has 0 radical (unpaired) electrons. The minimum Gasteiger partial charge on any atom is -0.445 e. The molecule has 24 heavy (non-hydrogen) atoms. The lowest BCUT2D eigenvalue weighted by molar-refractivity contribution is 0.136. The summed E-state index contributed by atoms with van der Waals surface area (Å²) in [6.07, 6.45) is 1.86. The quantitative estimate of drug-likeness (QED) is 0.671. The van der Waals surface area contributed by atoms with Gasteiger partial charge in [-0.3, -0.25) is 0 Å². The third kappa shape index (κ3) is 5.98. The van der Waals surface area contributed by atoms with Crippen LogP contribution in [-0.2, 0) is 11.3 Å². The van der Waals surface area contributed by atoms with Crippen molar-refractivity contribution in [3.63, 3.8) is 0 Å². The lowest BCUT2D eigenvalue weighted by atomic mass is 10.2. The first-order valence-corrected chi connectivity index (χ1v) is 8.64. The fourth-order valence-corrected chi connectivity index (χ4v) is 2.38. The number of ether oxygens (including phenoxy) is 1. The molecule has 1 heterocycles. The summed E-state index contributed by atoms with van der Waals surface area (Å²) in [7, 11) is 0. The number of hydrogen-bond donors (Lipinski definition) is 2. The van der Waals surface area contributed by atoms with Gasteiger partial charge >= 0.3 is 6.09 Å². The average Bonchev–Trinajstić information content (AvgIpc) is 2.60. The highest BCUT2D eigenvalue weighted by Gasteiger charge is 2.13. The Morgan fingerprint density at radius 3 is 2.83 bits per heavy atom. The Bertz CT molecular complexity index is 672. The topological polar surface area (TPSA) is 76.1 Å². The number of carbonyl (C=O) groups is 1. The van der Waals surface area contributed by atoms with Crippen LogP contribution in [0.1, 0.15) is 18.9 Å². The largest absolute Gasteiger partial charge is 0.445 e. The molecule has 0 aliphatic heterocycles. The highest BCUT2D eigenvalue weighted by molar-refractivity contribution is 9.10. The maximum Gasteiger partial charge on any atom is 0.407 e. The summed E-state index contributed by atoms with van der Waals surface area (Å²) < 4.78 is 5.92. The van der Waals surface area contributed by atoms with Gasteiger partial charge in [-0.2, -0.15) is 4.98 Å². The molecule has 0 spiro atoms. The molecule has 8 heteroatoms. The number of halogens is 2. The van der Waals surface area contributed by atoms with Gasteiger partial charge in [-0.25, -0.2) is 9.78 Å². The van der Waals surface area contributed by atoms with E-state index in [0.29, 0.717) is 16.8 Å². The van der Waals surface area contributed by atoms with E-state index in [4.69, 9.17) is 16.3 Å². The van der Waals surface area contributed by atoms with Crippen LogP contribution in [0, 0.1) is 0 Å². The van der Waals surface area contributed by atoms with Gasteiger partial charge in [-0.15, -0.1) is 0 Å². The van der Waals surface area contributed by atoms with Crippen molar-refractivity contribution < 1.29 is 9.53 Å². The smallest absolute Gasteiger partial charge is 0.407 e. The van der Waals surface area contributed by atoms with Crippen LogP contribution in [0.4, 0.5) is 10.6 Å². The molecule has 0 saturated heterocycles. The molecule has 1 aromatic heterocycles. The number of carbonyl (C=O) groups excluding carboxylic acids is 1. The fraction of sp³-hybridized carbons (Fsp3) is 0.312. The number of aromatic nitrogens is 2. The van der Waals surface area contributed by atoms with Crippen LogP contribution in [0.3, 0.4) is 0 Å². The molecular formula is C16H18BrClN4O2. The third-order valence-corrected chi connectivity index (χ3v) is 4.02. The normalized spacial score (nSPS) is 11.6. The molecule has 0 bridgehead atoms. The van der Waals surface area contributed by atoms with Gasteiger partial charge in [0.25, 0.3) is 0 Å². The van der Waals surface area contributed by atoms with E-state index < -0.39 is 6.09 Å². The number of benzene rings is 1. The van der Waals surface area contributed by atoms with Crippen LogP contribution in [0.5, 0.6) is 0 Å². The Kier molecular flexibility index (Phi) is 7.27. The van der Waals surface area contributed by atoms with Crippen molar-refractivity contribution in [3.05, 3.63) is 51.8 Å². The van der Waals surface area contributed by atoms with Crippen molar-refractivity contribution in [2.24, 2.45) is 0 Å². The predicted octanol–water partition coefficient (Wildman–Crippen LogP) is 4.01. The highest BCUT2D eigenvalue weighted by Crippen LogP contribution is 2.20. The zero-order chi connectivity index (χ0) is 17.4. The molecule has 0 saturated carbocycles. The van der Waals surface area contributed by atoms with E-state index >= 15 is 0 Å². The summed E-state index contributed by atoms with van der Waals surface area (Å²) in [6.45, 7) is 2.71. The van der Waals surface area contributed by atoms with Crippen LogP contribution < -0.4 is 10.6 Å². The number of nitrogens with one attached hydrogen (secondary N) is 2. The van der Waals surface area contributed by atoms with Gasteiger partial charge in [-0.05, 0) is 39.5 Å². The second-order valence-electron chi connectivity index (χ2n) is 5.03. The Balaban J connectivity index is 1.80. The number of amides is 1.